The Morgan fingerprint density at radius 3 is 2.63 bits per heavy atom. The summed E-state index contributed by atoms with van der Waals surface area (Å²) >= 11 is 0. The van der Waals surface area contributed by atoms with Crippen LogP contribution in [-0.2, 0) is 6.54 Å². The van der Waals surface area contributed by atoms with Crippen molar-refractivity contribution in [1.29, 1.82) is 0 Å². The number of benzene rings is 1. The van der Waals surface area contributed by atoms with E-state index in [9.17, 15) is 4.79 Å². The Bertz CT molecular complexity index is 589. The molecule has 1 heterocycles. The topological polar surface area (TPSA) is 34.0 Å². The van der Waals surface area contributed by atoms with Gasteiger partial charge in [0.05, 0.1) is 0 Å². The van der Waals surface area contributed by atoms with Crippen molar-refractivity contribution in [3.63, 3.8) is 0 Å². The van der Waals surface area contributed by atoms with Crippen molar-refractivity contribution in [2.75, 3.05) is 6.54 Å². The highest BCUT2D eigenvalue weighted by Crippen LogP contribution is 2.16. The fourth-order valence-electron chi connectivity index (χ4n) is 2.23. The number of nitrogens with zero attached hydrogens (tertiary/aromatic N) is 1. The van der Waals surface area contributed by atoms with Gasteiger partial charge in [-0.25, -0.2) is 0 Å². The van der Waals surface area contributed by atoms with Crippen molar-refractivity contribution < 1.29 is 0 Å². The maximum atomic E-state index is 11.6. The minimum Gasteiger partial charge on any atom is -0.314 e. The van der Waals surface area contributed by atoms with Crippen molar-refractivity contribution in [3.8, 4) is 0 Å². The zero-order valence-electron chi connectivity index (χ0n) is 11.5. The van der Waals surface area contributed by atoms with E-state index in [1.54, 1.807) is 16.7 Å². The van der Waals surface area contributed by atoms with Crippen LogP contribution in [0.5, 0.6) is 0 Å². The monoisotopic (exact) mass is 256 g/mol. The van der Waals surface area contributed by atoms with Crippen molar-refractivity contribution in [2.45, 2.75) is 26.4 Å². The van der Waals surface area contributed by atoms with E-state index in [0.29, 0.717) is 12.6 Å². The number of aromatic nitrogens is 1. The highest BCUT2D eigenvalue weighted by molar-refractivity contribution is 5.28. The fourth-order valence-corrected chi connectivity index (χ4v) is 2.23. The predicted molar refractivity (Wildman–Crippen MR) is 78.3 cm³/mol. The van der Waals surface area contributed by atoms with Gasteiger partial charge in [-0.1, -0.05) is 30.3 Å². The van der Waals surface area contributed by atoms with Gasteiger partial charge in [0.15, 0.2) is 0 Å². The molecule has 0 aliphatic rings. The van der Waals surface area contributed by atoms with Crippen LogP contribution in [0.1, 0.15) is 24.1 Å². The minimum absolute atomic E-state index is 0.0489. The number of hydrogen-bond acceptors (Lipinski definition) is 2. The first-order chi connectivity index (χ1) is 9.18. The van der Waals surface area contributed by atoms with Crippen LogP contribution < -0.4 is 10.9 Å². The summed E-state index contributed by atoms with van der Waals surface area (Å²) in [5.41, 5.74) is 2.65. The molecule has 0 saturated carbocycles. The van der Waals surface area contributed by atoms with Gasteiger partial charge in [-0.15, -0.1) is 0 Å². The molecule has 1 aromatic carbocycles. The number of pyridine rings is 1. The molecule has 0 fully saturated rings. The quantitative estimate of drug-likeness (QED) is 0.892. The Kier molecular flexibility index (Phi) is 4.53. The van der Waals surface area contributed by atoms with E-state index < -0.39 is 0 Å². The summed E-state index contributed by atoms with van der Waals surface area (Å²) in [5, 5.41) is 3.46. The lowest BCUT2D eigenvalue weighted by atomic mass is 10.0. The molecule has 1 atom stereocenters. The molecular weight excluding hydrogens is 236 g/mol. The number of hydrogen-bond donors (Lipinski definition) is 1. The molecule has 0 aliphatic carbocycles. The molecule has 1 aromatic heterocycles. The zero-order valence-corrected chi connectivity index (χ0v) is 11.5. The van der Waals surface area contributed by atoms with Crippen LogP contribution in [0, 0.1) is 6.92 Å². The van der Waals surface area contributed by atoms with Crippen LogP contribution in [0.4, 0.5) is 0 Å². The molecule has 0 radical (unpaired) electrons. The Morgan fingerprint density at radius 2 is 1.89 bits per heavy atom. The van der Waals surface area contributed by atoms with E-state index in [0.717, 1.165) is 6.54 Å². The van der Waals surface area contributed by atoms with Crippen LogP contribution in [-0.4, -0.2) is 11.1 Å². The van der Waals surface area contributed by atoms with E-state index in [4.69, 9.17) is 0 Å². The minimum atomic E-state index is 0.0489. The highest BCUT2D eigenvalue weighted by atomic mass is 16.1. The maximum Gasteiger partial charge on any atom is 0.250 e. The average Bonchev–Trinajstić information content (AvgIpc) is 2.41. The number of aryl methyl sites for hydroxylation is 1. The van der Waals surface area contributed by atoms with Gasteiger partial charge in [0, 0.05) is 31.4 Å². The summed E-state index contributed by atoms with van der Waals surface area (Å²) in [7, 11) is 0. The molecule has 3 nitrogen and oxygen atoms in total. The summed E-state index contributed by atoms with van der Waals surface area (Å²) in [5.74, 6) is 0. The largest absolute Gasteiger partial charge is 0.314 e. The molecule has 0 aliphatic heterocycles. The van der Waals surface area contributed by atoms with E-state index in [1.165, 1.54) is 11.1 Å². The van der Waals surface area contributed by atoms with Crippen LogP contribution in [0.2, 0.25) is 0 Å². The summed E-state index contributed by atoms with van der Waals surface area (Å²) in [6.45, 7) is 5.74. The molecular formula is C16H20N2O. The maximum absolute atomic E-state index is 11.6. The number of nitrogens with one attached hydrogen (secondary N) is 1. The lowest BCUT2D eigenvalue weighted by molar-refractivity contribution is 0.523. The second-order valence-electron chi connectivity index (χ2n) is 4.76. The highest BCUT2D eigenvalue weighted by Gasteiger charge is 2.06. The van der Waals surface area contributed by atoms with Gasteiger partial charge in [-0.3, -0.25) is 4.79 Å². The first-order valence-electron chi connectivity index (χ1n) is 6.63. The van der Waals surface area contributed by atoms with Crippen molar-refractivity contribution in [3.05, 3.63) is 70.1 Å². The summed E-state index contributed by atoms with van der Waals surface area (Å²) in [6, 6.07) is 13.9. The van der Waals surface area contributed by atoms with Crippen LogP contribution in [0.15, 0.2) is 53.5 Å². The third-order valence-electron chi connectivity index (χ3n) is 3.36. The van der Waals surface area contributed by atoms with Crippen LogP contribution >= 0.6 is 0 Å². The summed E-state index contributed by atoms with van der Waals surface area (Å²) < 4.78 is 1.72. The number of rotatable bonds is 5. The molecule has 100 valence electrons. The van der Waals surface area contributed by atoms with Gasteiger partial charge in [-0.05, 0) is 31.0 Å². The second kappa shape index (κ2) is 6.34. The standard InChI is InChI=1S/C16H20N2O/c1-13-7-3-4-8-15(13)14(2)17-10-12-18-11-6-5-9-16(18)19/h3-9,11,14,17H,10,12H2,1-2H3/t14-/m0/s1. The normalized spacial score (nSPS) is 12.3. The molecule has 1 N–H and O–H groups in total. The third kappa shape index (κ3) is 3.55. The van der Waals surface area contributed by atoms with Crippen molar-refractivity contribution >= 4 is 0 Å². The third-order valence-corrected chi connectivity index (χ3v) is 3.36. The molecule has 0 bridgehead atoms. The molecule has 0 unspecified atom stereocenters. The van der Waals surface area contributed by atoms with Gasteiger partial charge >= 0.3 is 0 Å². The molecule has 2 rings (SSSR count). The Morgan fingerprint density at radius 1 is 1.16 bits per heavy atom. The smallest absolute Gasteiger partial charge is 0.250 e. The van der Waals surface area contributed by atoms with E-state index in [-0.39, 0.29) is 5.56 Å². The lowest BCUT2D eigenvalue weighted by Gasteiger charge is -2.16. The summed E-state index contributed by atoms with van der Waals surface area (Å²) in [6.07, 6.45) is 1.82. The Balaban J connectivity index is 1.92. The van der Waals surface area contributed by atoms with Gasteiger partial charge in [0.25, 0.3) is 5.56 Å². The zero-order chi connectivity index (χ0) is 13.7. The lowest BCUT2D eigenvalue weighted by Crippen LogP contribution is -2.28. The van der Waals surface area contributed by atoms with Gasteiger partial charge < -0.3 is 9.88 Å². The van der Waals surface area contributed by atoms with Gasteiger partial charge in [-0.2, -0.15) is 0 Å². The SMILES string of the molecule is Cc1ccccc1[C@H](C)NCCn1ccccc1=O. The first-order valence-corrected chi connectivity index (χ1v) is 6.63. The van der Waals surface area contributed by atoms with E-state index in [2.05, 4.69) is 43.4 Å². The molecule has 0 saturated heterocycles. The average molecular weight is 256 g/mol. The van der Waals surface area contributed by atoms with Gasteiger partial charge in [0.1, 0.15) is 0 Å². The second-order valence-corrected chi connectivity index (χ2v) is 4.76. The fraction of sp³-hybridized carbons (Fsp3) is 0.312. The molecule has 3 heteroatoms. The summed E-state index contributed by atoms with van der Waals surface area (Å²) in [4.78, 5) is 11.6. The van der Waals surface area contributed by atoms with E-state index in [1.807, 2.05) is 12.3 Å². The van der Waals surface area contributed by atoms with Gasteiger partial charge in [0.2, 0.25) is 0 Å². The van der Waals surface area contributed by atoms with E-state index >= 15 is 0 Å². The Labute approximate surface area is 113 Å². The Hall–Kier alpha value is -1.87. The molecule has 0 spiro atoms. The predicted octanol–water partition coefficient (Wildman–Crippen LogP) is 2.51. The first kappa shape index (κ1) is 13.6. The molecule has 2 aromatic rings. The van der Waals surface area contributed by atoms with Crippen LogP contribution in [0.3, 0.4) is 0 Å². The molecule has 0 amide bonds. The van der Waals surface area contributed by atoms with Crippen LogP contribution in [0.25, 0.3) is 0 Å². The van der Waals surface area contributed by atoms with Crippen molar-refractivity contribution in [2.24, 2.45) is 0 Å². The van der Waals surface area contributed by atoms with Crippen molar-refractivity contribution in [1.82, 2.24) is 9.88 Å². The molecule has 19 heavy (non-hydrogen) atoms.